The predicted molar refractivity (Wildman–Crippen MR) is 132 cm³/mol. The second-order valence-corrected chi connectivity index (χ2v) is 9.24. The van der Waals surface area contributed by atoms with Crippen LogP contribution in [0.25, 0.3) is 11.0 Å². The molecule has 7 nitrogen and oxygen atoms in total. The lowest BCUT2D eigenvalue weighted by molar-refractivity contribution is -0.116. The van der Waals surface area contributed by atoms with E-state index < -0.39 is 0 Å². The van der Waals surface area contributed by atoms with Gasteiger partial charge >= 0.3 is 0 Å². The summed E-state index contributed by atoms with van der Waals surface area (Å²) < 4.78 is 13.2. The highest BCUT2D eigenvalue weighted by atomic mass is 16.5. The van der Waals surface area contributed by atoms with Gasteiger partial charge < -0.3 is 14.8 Å². The first kappa shape index (κ1) is 24.6. The fourth-order valence-corrected chi connectivity index (χ4v) is 4.14. The quantitative estimate of drug-likeness (QED) is 0.490. The van der Waals surface area contributed by atoms with Crippen LogP contribution in [0.15, 0.2) is 18.2 Å². The number of aryl methyl sites for hydroxylation is 3. The number of rotatable bonds is 8. The van der Waals surface area contributed by atoms with Crippen molar-refractivity contribution >= 4 is 22.6 Å². The van der Waals surface area contributed by atoms with Crippen LogP contribution in [0.1, 0.15) is 63.6 Å². The number of fused-ring (bicyclic) bond motifs is 1. The fraction of sp³-hybridized carbons (Fsp3) is 0.500. The summed E-state index contributed by atoms with van der Waals surface area (Å²) in [7, 11) is 0. The molecule has 178 valence electrons. The van der Waals surface area contributed by atoms with Crippen molar-refractivity contribution in [3.8, 4) is 11.5 Å². The molecule has 0 fully saturated rings. The SMILES string of the molecule is CCOc1ccc(OCC)c(NC(=O)CCc2c(C)nc3c(c(C)nn3C(C)(C)C)c2C)c1. The maximum atomic E-state index is 12.9. The van der Waals surface area contributed by atoms with Gasteiger partial charge in [-0.15, -0.1) is 0 Å². The molecule has 0 radical (unpaired) electrons. The van der Waals surface area contributed by atoms with Crippen LogP contribution in [0.4, 0.5) is 5.69 Å². The van der Waals surface area contributed by atoms with Gasteiger partial charge in [0.25, 0.3) is 0 Å². The van der Waals surface area contributed by atoms with Crippen LogP contribution in [0, 0.1) is 20.8 Å². The maximum Gasteiger partial charge on any atom is 0.224 e. The Hall–Kier alpha value is -3.09. The van der Waals surface area contributed by atoms with E-state index in [4.69, 9.17) is 19.6 Å². The summed E-state index contributed by atoms with van der Waals surface area (Å²) in [6, 6.07) is 5.48. The molecule has 1 aromatic carbocycles. The summed E-state index contributed by atoms with van der Waals surface area (Å²) >= 11 is 0. The number of aromatic nitrogens is 3. The minimum atomic E-state index is -0.159. The van der Waals surface area contributed by atoms with Crippen molar-refractivity contribution in [2.24, 2.45) is 0 Å². The molecular weight excluding hydrogens is 416 g/mol. The zero-order chi connectivity index (χ0) is 24.3. The molecule has 3 rings (SSSR count). The summed E-state index contributed by atoms with van der Waals surface area (Å²) in [5.41, 5.74) is 5.51. The molecule has 0 saturated carbocycles. The monoisotopic (exact) mass is 452 g/mol. The van der Waals surface area contributed by atoms with Gasteiger partial charge in [0, 0.05) is 23.6 Å². The van der Waals surface area contributed by atoms with Crippen LogP contribution in [0.3, 0.4) is 0 Å². The van der Waals surface area contributed by atoms with E-state index in [1.807, 2.05) is 44.5 Å². The molecule has 33 heavy (non-hydrogen) atoms. The number of carbonyl (C=O) groups is 1. The Kier molecular flexibility index (Phi) is 7.30. The second-order valence-electron chi connectivity index (χ2n) is 9.24. The smallest absolute Gasteiger partial charge is 0.224 e. The summed E-state index contributed by atoms with van der Waals surface area (Å²) in [6.07, 6.45) is 0.938. The highest BCUT2D eigenvalue weighted by Crippen LogP contribution is 2.31. The summed E-state index contributed by atoms with van der Waals surface area (Å²) in [6.45, 7) is 17.4. The lowest BCUT2D eigenvalue weighted by atomic mass is 9.99. The number of hydrogen-bond acceptors (Lipinski definition) is 5. The number of carbonyl (C=O) groups excluding carboxylic acids is 1. The van der Waals surface area contributed by atoms with E-state index >= 15 is 0 Å². The first-order valence-corrected chi connectivity index (χ1v) is 11.6. The number of nitrogens with one attached hydrogen (secondary N) is 1. The van der Waals surface area contributed by atoms with E-state index in [1.54, 1.807) is 6.07 Å². The average molecular weight is 453 g/mol. The molecule has 1 N–H and O–H groups in total. The normalized spacial score (nSPS) is 11.6. The van der Waals surface area contributed by atoms with Gasteiger partial charge in [-0.3, -0.25) is 4.79 Å². The molecule has 0 aliphatic rings. The van der Waals surface area contributed by atoms with Crippen LogP contribution in [0.5, 0.6) is 11.5 Å². The molecule has 0 atom stereocenters. The average Bonchev–Trinajstić information content (AvgIpc) is 3.06. The van der Waals surface area contributed by atoms with Gasteiger partial charge in [-0.2, -0.15) is 5.10 Å². The van der Waals surface area contributed by atoms with Crippen LogP contribution in [-0.2, 0) is 16.8 Å². The number of pyridine rings is 1. The summed E-state index contributed by atoms with van der Waals surface area (Å²) in [4.78, 5) is 17.7. The zero-order valence-electron chi connectivity index (χ0n) is 21.1. The van der Waals surface area contributed by atoms with Gasteiger partial charge in [-0.05, 0) is 85.1 Å². The Morgan fingerprint density at radius 2 is 1.76 bits per heavy atom. The van der Waals surface area contributed by atoms with E-state index in [0.29, 0.717) is 43.2 Å². The molecule has 0 aliphatic heterocycles. The largest absolute Gasteiger partial charge is 0.494 e. The first-order valence-electron chi connectivity index (χ1n) is 11.6. The molecule has 0 aliphatic carbocycles. The van der Waals surface area contributed by atoms with Crippen LogP contribution < -0.4 is 14.8 Å². The number of anilines is 1. The van der Waals surface area contributed by atoms with Crippen molar-refractivity contribution in [2.45, 2.75) is 73.8 Å². The Morgan fingerprint density at radius 1 is 1.06 bits per heavy atom. The fourth-order valence-electron chi connectivity index (χ4n) is 4.14. The van der Waals surface area contributed by atoms with Gasteiger partial charge in [-0.1, -0.05) is 0 Å². The molecule has 0 saturated heterocycles. The van der Waals surface area contributed by atoms with Crippen molar-refractivity contribution in [3.05, 3.63) is 40.7 Å². The summed E-state index contributed by atoms with van der Waals surface area (Å²) in [5.74, 6) is 1.25. The third kappa shape index (κ3) is 5.29. The zero-order valence-corrected chi connectivity index (χ0v) is 21.1. The topological polar surface area (TPSA) is 78.3 Å². The highest BCUT2D eigenvalue weighted by molar-refractivity contribution is 5.93. The van der Waals surface area contributed by atoms with E-state index in [9.17, 15) is 4.79 Å². The molecule has 0 unspecified atom stereocenters. The lowest BCUT2D eigenvalue weighted by Gasteiger charge is -2.20. The van der Waals surface area contributed by atoms with E-state index in [1.165, 1.54) is 0 Å². The Bertz CT molecular complexity index is 1160. The lowest BCUT2D eigenvalue weighted by Crippen LogP contribution is -2.23. The third-order valence-corrected chi connectivity index (χ3v) is 5.65. The Morgan fingerprint density at radius 3 is 2.39 bits per heavy atom. The van der Waals surface area contributed by atoms with Gasteiger partial charge in [-0.25, -0.2) is 9.67 Å². The van der Waals surface area contributed by atoms with Crippen molar-refractivity contribution in [1.82, 2.24) is 14.8 Å². The molecule has 0 bridgehead atoms. The molecule has 1 amide bonds. The van der Waals surface area contributed by atoms with E-state index in [0.717, 1.165) is 33.5 Å². The van der Waals surface area contributed by atoms with E-state index in [2.05, 4.69) is 33.0 Å². The van der Waals surface area contributed by atoms with Crippen molar-refractivity contribution in [1.29, 1.82) is 0 Å². The molecule has 3 aromatic rings. The summed E-state index contributed by atoms with van der Waals surface area (Å²) in [5, 5.41) is 8.83. The molecule has 2 heterocycles. The molecule has 7 heteroatoms. The van der Waals surface area contributed by atoms with Gasteiger partial charge in [0.1, 0.15) is 11.5 Å². The van der Waals surface area contributed by atoms with Crippen LogP contribution in [-0.4, -0.2) is 33.9 Å². The Balaban J connectivity index is 1.83. The van der Waals surface area contributed by atoms with Gasteiger partial charge in [0.15, 0.2) is 5.65 Å². The highest BCUT2D eigenvalue weighted by Gasteiger charge is 2.23. The number of hydrogen-bond donors (Lipinski definition) is 1. The molecule has 2 aromatic heterocycles. The maximum absolute atomic E-state index is 12.9. The molecule has 0 spiro atoms. The van der Waals surface area contributed by atoms with Crippen molar-refractivity contribution < 1.29 is 14.3 Å². The number of benzene rings is 1. The minimum Gasteiger partial charge on any atom is -0.494 e. The van der Waals surface area contributed by atoms with Gasteiger partial charge in [0.2, 0.25) is 5.91 Å². The standard InChI is InChI=1S/C26H36N4O3/c1-9-32-19-11-13-22(33-10-2)21(15-19)28-23(31)14-12-20-16(3)24-18(5)29-30(26(6,7)8)25(24)27-17(20)4/h11,13,15H,9-10,12,14H2,1-8H3,(H,28,31). The predicted octanol–water partition coefficient (Wildman–Crippen LogP) is 5.48. The van der Waals surface area contributed by atoms with E-state index in [-0.39, 0.29) is 11.4 Å². The first-order chi connectivity index (χ1) is 15.6. The molecular formula is C26H36N4O3. The van der Waals surface area contributed by atoms with Crippen LogP contribution in [0.2, 0.25) is 0 Å². The third-order valence-electron chi connectivity index (χ3n) is 5.65. The number of ether oxygens (including phenoxy) is 2. The van der Waals surface area contributed by atoms with Gasteiger partial charge in [0.05, 0.1) is 30.1 Å². The number of nitrogens with zero attached hydrogens (tertiary/aromatic N) is 3. The van der Waals surface area contributed by atoms with Crippen molar-refractivity contribution in [2.75, 3.05) is 18.5 Å². The Labute approximate surface area is 196 Å². The van der Waals surface area contributed by atoms with Crippen molar-refractivity contribution in [3.63, 3.8) is 0 Å². The minimum absolute atomic E-state index is 0.0781. The second kappa shape index (κ2) is 9.81. The number of amides is 1. The van der Waals surface area contributed by atoms with Crippen LogP contribution >= 0.6 is 0 Å².